The summed E-state index contributed by atoms with van der Waals surface area (Å²) in [5.74, 6) is 4.79. The predicted octanol–water partition coefficient (Wildman–Crippen LogP) is 0.277. The van der Waals surface area contributed by atoms with Crippen LogP contribution < -0.4 is 16.6 Å². The minimum atomic E-state index is -4.16. The fourth-order valence-electron chi connectivity index (χ4n) is 0.369. The third-order valence-electron chi connectivity index (χ3n) is 0.825. The standard InChI is InChI=1S/C4H8F3N3S/c5-4(6,7)1-2-9-3(11)10-8/h1-2,8H2,(H2,9,10,11). The molecule has 0 radical (unpaired) electrons. The third-order valence-corrected chi connectivity index (χ3v) is 1.09. The normalized spacial score (nSPS) is 10.9. The molecule has 0 atom stereocenters. The van der Waals surface area contributed by atoms with Crippen molar-refractivity contribution >= 4 is 17.3 Å². The predicted molar refractivity (Wildman–Crippen MR) is 38.6 cm³/mol. The van der Waals surface area contributed by atoms with E-state index in [4.69, 9.17) is 5.84 Å². The zero-order valence-corrected chi connectivity index (χ0v) is 6.35. The van der Waals surface area contributed by atoms with Gasteiger partial charge in [0.25, 0.3) is 0 Å². The molecule has 0 unspecified atom stereocenters. The van der Waals surface area contributed by atoms with Crippen LogP contribution in [0.4, 0.5) is 13.2 Å². The highest BCUT2D eigenvalue weighted by molar-refractivity contribution is 7.80. The van der Waals surface area contributed by atoms with Gasteiger partial charge in [0.05, 0.1) is 6.42 Å². The van der Waals surface area contributed by atoms with E-state index in [0.717, 1.165) is 0 Å². The molecule has 0 amide bonds. The van der Waals surface area contributed by atoms with Crippen LogP contribution in [0.5, 0.6) is 0 Å². The summed E-state index contributed by atoms with van der Waals surface area (Å²) >= 11 is 4.43. The Morgan fingerprint density at radius 3 is 2.36 bits per heavy atom. The molecule has 0 aromatic rings. The summed E-state index contributed by atoms with van der Waals surface area (Å²) in [5, 5.41) is 2.27. The molecule has 0 rings (SSSR count). The second-order valence-corrected chi connectivity index (χ2v) is 2.17. The van der Waals surface area contributed by atoms with Crippen molar-refractivity contribution in [3.05, 3.63) is 0 Å². The molecule has 4 N–H and O–H groups in total. The summed E-state index contributed by atoms with van der Waals surface area (Å²) in [7, 11) is 0. The van der Waals surface area contributed by atoms with Gasteiger partial charge in [-0.05, 0) is 12.2 Å². The van der Waals surface area contributed by atoms with Crippen LogP contribution >= 0.6 is 12.2 Å². The SMILES string of the molecule is NNC(=S)NCCC(F)(F)F. The van der Waals surface area contributed by atoms with Gasteiger partial charge in [0, 0.05) is 6.54 Å². The van der Waals surface area contributed by atoms with Crippen LogP contribution in [0.25, 0.3) is 0 Å². The molecule has 0 saturated carbocycles. The molecule has 0 aliphatic heterocycles. The number of hydrogen-bond acceptors (Lipinski definition) is 2. The number of nitrogens with one attached hydrogen (secondary N) is 2. The molecule has 11 heavy (non-hydrogen) atoms. The lowest BCUT2D eigenvalue weighted by Crippen LogP contribution is -2.40. The first kappa shape index (κ1) is 10.4. The van der Waals surface area contributed by atoms with Gasteiger partial charge in [0.15, 0.2) is 5.11 Å². The maximum atomic E-state index is 11.5. The van der Waals surface area contributed by atoms with Crippen LogP contribution in [0.15, 0.2) is 0 Å². The van der Waals surface area contributed by atoms with E-state index in [-0.39, 0.29) is 11.7 Å². The van der Waals surface area contributed by atoms with E-state index in [1.54, 1.807) is 0 Å². The molecule has 0 saturated heterocycles. The van der Waals surface area contributed by atoms with Crippen LogP contribution in [0.1, 0.15) is 6.42 Å². The molecule has 7 heteroatoms. The van der Waals surface area contributed by atoms with Crippen LogP contribution in [0.3, 0.4) is 0 Å². The van der Waals surface area contributed by atoms with Gasteiger partial charge in [-0.25, -0.2) is 5.84 Å². The number of thiocarbonyl (C=S) groups is 1. The first-order valence-corrected chi connectivity index (χ1v) is 3.18. The van der Waals surface area contributed by atoms with Crippen LogP contribution in [0.2, 0.25) is 0 Å². The zero-order valence-electron chi connectivity index (χ0n) is 5.53. The minimum Gasteiger partial charge on any atom is -0.361 e. The van der Waals surface area contributed by atoms with Crippen LogP contribution in [0, 0.1) is 0 Å². The summed E-state index contributed by atoms with van der Waals surface area (Å²) < 4.78 is 34.4. The zero-order chi connectivity index (χ0) is 8.91. The van der Waals surface area contributed by atoms with Crippen molar-refractivity contribution in [2.24, 2.45) is 5.84 Å². The molecule has 0 aromatic carbocycles. The van der Waals surface area contributed by atoms with Crippen LogP contribution in [-0.2, 0) is 0 Å². The van der Waals surface area contributed by atoms with Crippen LogP contribution in [-0.4, -0.2) is 17.8 Å². The van der Waals surface area contributed by atoms with E-state index >= 15 is 0 Å². The van der Waals surface area contributed by atoms with E-state index in [1.807, 2.05) is 5.43 Å². The molecular formula is C4H8F3N3S. The Kier molecular flexibility index (Phi) is 4.12. The average Bonchev–Trinajstić information content (AvgIpc) is 1.85. The number of rotatable bonds is 2. The largest absolute Gasteiger partial charge is 0.390 e. The van der Waals surface area contributed by atoms with Gasteiger partial charge in [-0.3, -0.25) is 0 Å². The number of hydrogen-bond donors (Lipinski definition) is 3. The molecule has 0 bridgehead atoms. The van der Waals surface area contributed by atoms with E-state index in [9.17, 15) is 13.2 Å². The smallest absolute Gasteiger partial charge is 0.361 e. The monoisotopic (exact) mass is 187 g/mol. The van der Waals surface area contributed by atoms with E-state index in [2.05, 4.69) is 17.5 Å². The van der Waals surface area contributed by atoms with E-state index < -0.39 is 12.6 Å². The summed E-state index contributed by atoms with van der Waals surface area (Å²) in [6.07, 6.45) is -5.08. The fourth-order valence-corrected chi connectivity index (χ4v) is 0.471. The number of nitrogens with two attached hydrogens (primary N) is 1. The van der Waals surface area contributed by atoms with Gasteiger partial charge in [-0.15, -0.1) is 0 Å². The maximum Gasteiger partial charge on any atom is 0.390 e. The van der Waals surface area contributed by atoms with E-state index in [1.165, 1.54) is 0 Å². The Morgan fingerprint density at radius 2 is 2.00 bits per heavy atom. The highest BCUT2D eigenvalue weighted by atomic mass is 32.1. The van der Waals surface area contributed by atoms with Gasteiger partial charge in [-0.1, -0.05) is 0 Å². The third kappa shape index (κ3) is 7.34. The summed E-state index contributed by atoms with van der Waals surface area (Å²) in [5.41, 5.74) is 2.00. The van der Waals surface area contributed by atoms with Gasteiger partial charge in [0.2, 0.25) is 0 Å². The number of halogens is 3. The molecule has 0 heterocycles. The van der Waals surface area contributed by atoms with Crippen molar-refractivity contribution in [2.45, 2.75) is 12.6 Å². The highest BCUT2D eigenvalue weighted by Gasteiger charge is 2.26. The van der Waals surface area contributed by atoms with Crippen molar-refractivity contribution in [1.29, 1.82) is 0 Å². The minimum absolute atomic E-state index is 0.00856. The van der Waals surface area contributed by atoms with E-state index in [0.29, 0.717) is 0 Å². The quantitative estimate of drug-likeness (QED) is 0.330. The van der Waals surface area contributed by atoms with Gasteiger partial charge >= 0.3 is 6.18 Å². The molecule has 0 aliphatic carbocycles. The fraction of sp³-hybridized carbons (Fsp3) is 0.750. The lowest BCUT2D eigenvalue weighted by Gasteiger charge is -2.08. The number of alkyl halides is 3. The second-order valence-electron chi connectivity index (χ2n) is 1.77. The molecule has 3 nitrogen and oxygen atoms in total. The summed E-state index contributed by atoms with van der Waals surface area (Å²) in [6.45, 7) is -0.257. The Hall–Kier alpha value is -0.560. The Morgan fingerprint density at radius 1 is 1.45 bits per heavy atom. The molecule has 0 aromatic heterocycles. The molecule has 66 valence electrons. The maximum absolute atomic E-state index is 11.5. The number of hydrazine groups is 1. The van der Waals surface area contributed by atoms with Crippen molar-refractivity contribution in [3.63, 3.8) is 0 Å². The Balaban J connectivity index is 3.35. The summed E-state index contributed by atoms with van der Waals surface area (Å²) in [6, 6.07) is 0. The van der Waals surface area contributed by atoms with Gasteiger partial charge < -0.3 is 10.7 Å². The van der Waals surface area contributed by atoms with Crippen molar-refractivity contribution in [3.8, 4) is 0 Å². The topological polar surface area (TPSA) is 50.1 Å². The van der Waals surface area contributed by atoms with Crippen molar-refractivity contribution in [1.82, 2.24) is 10.7 Å². The van der Waals surface area contributed by atoms with Crippen molar-refractivity contribution < 1.29 is 13.2 Å². The Labute approximate surface area is 67.1 Å². The molecule has 0 aliphatic rings. The van der Waals surface area contributed by atoms with Gasteiger partial charge in [-0.2, -0.15) is 13.2 Å². The average molecular weight is 187 g/mol. The first-order chi connectivity index (χ1) is 4.95. The molecule has 0 fully saturated rings. The highest BCUT2D eigenvalue weighted by Crippen LogP contribution is 2.17. The lowest BCUT2D eigenvalue weighted by atomic mass is 10.4. The summed E-state index contributed by atoms with van der Waals surface area (Å²) in [4.78, 5) is 0. The Bertz CT molecular complexity index is 135. The first-order valence-electron chi connectivity index (χ1n) is 2.77. The second kappa shape index (κ2) is 4.35. The lowest BCUT2D eigenvalue weighted by molar-refractivity contribution is -0.132. The van der Waals surface area contributed by atoms with Crippen molar-refractivity contribution in [2.75, 3.05) is 6.54 Å². The molecule has 0 spiro atoms. The van der Waals surface area contributed by atoms with Gasteiger partial charge in [0.1, 0.15) is 0 Å². The molecular weight excluding hydrogens is 179 g/mol.